The Morgan fingerprint density at radius 2 is 1.85 bits per heavy atom. The lowest BCUT2D eigenvalue weighted by Gasteiger charge is -2.49. The first-order valence-corrected chi connectivity index (χ1v) is 9.31. The van der Waals surface area contributed by atoms with Crippen molar-refractivity contribution in [2.45, 2.75) is 41.6 Å². The summed E-state index contributed by atoms with van der Waals surface area (Å²) >= 11 is 9.09. The topological polar surface area (TPSA) is 63.4 Å². The van der Waals surface area contributed by atoms with Crippen LogP contribution in [-0.2, 0) is 9.59 Å². The van der Waals surface area contributed by atoms with Gasteiger partial charge < -0.3 is 24.1 Å². The molecule has 27 heavy (non-hydrogen) atoms. The van der Waals surface area contributed by atoms with Gasteiger partial charge >= 0.3 is 0 Å². The SMILES string of the molecule is [C-]#[N+][C@@]1(C)C[C@]2(S)C(=O)N(C)[C@](C)(S)C(=O)N2[C@H]1c1ccc2c(c1)OCO2. The molecule has 0 aliphatic carbocycles. The molecule has 0 bridgehead atoms. The third kappa shape index (κ3) is 2.23. The fourth-order valence-corrected chi connectivity index (χ4v) is 5.04. The molecule has 7 nitrogen and oxygen atoms in total. The lowest BCUT2D eigenvalue weighted by atomic mass is 9.87. The first-order valence-electron chi connectivity index (χ1n) is 8.41. The molecule has 0 N–H and O–H groups in total. The van der Waals surface area contributed by atoms with E-state index in [1.54, 1.807) is 32.0 Å². The highest BCUT2D eigenvalue weighted by Crippen LogP contribution is 2.57. The highest BCUT2D eigenvalue weighted by atomic mass is 32.1. The number of hydrogen-bond acceptors (Lipinski definition) is 6. The molecular formula is C18H19N3O4S2. The zero-order chi connectivity index (χ0) is 19.8. The highest BCUT2D eigenvalue weighted by molar-refractivity contribution is 7.83. The van der Waals surface area contributed by atoms with Gasteiger partial charge in [-0.15, -0.1) is 25.3 Å². The molecule has 4 rings (SSSR count). The number of benzene rings is 1. The number of rotatable bonds is 1. The second-order valence-corrected chi connectivity index (χ2v) is 9.15. The Balaban J connectivity index is 1.91. The molecule has 0 radical (unpaired) electrons. The number of ether oxygens (including phenoxy) is 2. The number of carbonyl (C=O) groups excluding carboxylic acids is 2. The average Bonchev–Trinajstić information content (AvgIpc) is 3.19. The smallest absolute Gasteiger partial charge is 0.260 e. The molecular weight excluding hydrogens is 386 g/mol. The van der Waals surface area contributed by atoms with E-state index in [0.29, 0.717) is 17.1 Å². The van der Waals surface area contributed by atoms with Crippen molar-refractivity contribution >= 4 is 37.1 Å². The van der Waals surface area contributed by atoms with Gasteiger partial charge in [0.15, 0.2) is 21.2 Å². The maximum atomic E-state index is 13.4. The molecule has 2 fully saturated rings. The van der Waals surface area contributed by atoms with Gasteiger partial charge in [-0.3, -0.25) is 9.59 Å². The number of amides is 2. The highest BCUT2D eigenvalue weighted by Gasteiger charge is 2.71. The number of hydrogen-bond donors (Lipinski definition) is 2. The number of fused-ring (bicyclic) bond motifs is 2. The van der Waals surface area contributed by atoms with Gasteiger partial charge in [0.05, 0.1) is 6.42 Å². The van der Waals surface area contributed by atoms with Crippen molar-refractivity contribution in [3.05, 3.63) is 35.2 Å². The Hall–Kier alpha value is -2.05. The van der Waals surface area contributed by atoms with Crippen molar-refractivity contribution in [3.8, 4) is 11.5 Å². The summed E-state index contributed by atoms with van der Waals surface area (Å²) in [6.45, 7) is 11.3. The van der Waals surface area contributed by atoms with Crippen molar-refractivity contribution in [2.24, 2.45) is 0 Å². The predicted octanol–water partition coefficient (Wildman–Crippen LogP) is 2.11. The van der Waals surface area contributed by atoms with Gasteiger partial charge in [-0.2, -0.15) is 0 Å². The van der Waals surface area contributed by atoms with Gasteiger partial charge in [-0.05, 0) is 24.6 Å². The van der Waals surface area contributed by atoms with Crippen molar-refractivity contribution in [2.75, 3.05) is 13.8 Å². The van der Waals surface area contributed by atoms with Crippen LogP contribution in [0, 0.1) is 6.57 Å². The van der Waals surface area contributed by atoms with E-state index in [1.807, 2.05) is 0 Å². The van der Waals surface area contributed by atoms with Crippen molar-refractivity contribution in [1.29, 1.82) is 0 Å². The molecule has 1 aromatic rings. The van der Waals surface area contributed by atoms with Crippen LogP contribution in [0.1, 0.15) is 31.9 Å². The first-order chi connectivity index (χ1) is 12.6. The summed E-state index contributed by atoms with van der Waals surface area (Å²) in [7, 11) is 1.53. The molecule has 3 aliphatic heterocycles. The molecule has 4 atom stereocenters. The van der Waals surface area contributed by atoms with E-state index in [0.717, 1.165) is 0 Å². The average molecular weight is 406 g/mol. The minimum absolute atomic E-state index is 0.116. The molecule has 0 aromatic heterocycles. The summed E-state index contributed by atoms with van der Waals surface area (Å²) in [6.07, 6.45) is 0.116. The van der Waals surface area contributed by atoms with Gasteiger partial charge in [0.1, 0.15) is 6.04 Å². The molecule has 0 saturated carbocycles. The Labute approximate surface area is 168 Å². The second-order valence-electron chi connectivity index (χ2n) is 7.54. The number of piperazine rings is 1. The van der Waals surface area contributed by atoms with Crippen LogP contribution in [0.25, 0.3) is 4.85 Å². The van der Waals surface area contributed by atoms with E-state index in [9.17, 15) is 9.59 Å². The van der Waals surface area contributed by atoms with E-state index in [4.69, 9.17) is 16.0 Å². The third-order valence-corrected chi connectivity index (χ3v) is 6.80. The van der Waals surface area contributed by atoms with E-state index in [-0.39, 0.29) is 25.0 Å². The summed E-state index contributed by atoms with van der Waals surface area (Å²) in [6, 6.07) is 4.65. The second kappa shape index (κ2) is 5.49. The lowest BCUT2D eigenvalue weighted by molar-refractivity contribution is -0.163. The molecule has 9 heteroatoms. The van der Waals surface area contributed by atoms with Crippen LogP contribution >= 0.6 is 25.3 Å². The third-order valence-electron chi connectivity index (χ3n) is 5.74. The molecule has 3 heterocycles. The summed E-state index contributed by atoms with van der Waals surface area (Å²) in [4.78, 5) is 30.3. The van der Waals surface area contributed by atoms with E-state index >= 15 is 0 Å². The summed E-state index contributed by atoms with van der Waals surface area (Å²) < 4.78 is 10.8. The molecule has 2 amide bonds. The fourth-order valence-electron chi connectivity index (χ4n) is 4.17. The van der Waals surface area contributed by atoms with Gasteiger partial charge in [-0.25, -0.2) is 6.57 Å². The molecule has 142 valence electrons. The van der Waals surface area contributed by atoms with Gasteiger partial charge in [0.25, 0.3) is 17.4 Å². The Morgan fingerprint density at radius 1 is 1.19 bits per heavy atom. The van der Waals surface area contributed by atoms with Crippen LogP contribution in [0.4, 0.5) is 0 Å². The van der Waals surface area contributed by atoms with Gasteiger partial charge in [0, 0.05) is 14.0 Å². The Morgan fingerprint density at radius 3 is 2.52 bits per heavy atom. The maximum Gasteiger partial charge on any atom is 0.260 e. The Kier molecular flexibility index (Phi) is 3.72. The number of nitrogens with zero attached hydrogens (tertiary/aromatic N) is 3. The summed E-state index contributed by atoms with van der Waals surface area (Å²) in [5.74, 6) is 0.454. The minimum Gasteiger partial charge on any atom is -0.454 e. The van der Waals surface area contributed by atoms with Crippen molar-refractivity contribution in [1.82, 2.24) is 9.80 Å². The van der Waals surface area contributed by atoms with E-state index in [2.05, 4.69) is 30.1 Å². The van der Waals surface area contributed by atoms with E-state index in [1.165, 1.54) is 16.8 Å². The maximum absolute atomic E-state index is 13.4. The van der Waals surface area contributed by atoms with Crippen LogP contribution in [-0.4, -0.2) is 50.7 Å². The van der Waals surface area contributed by atoms with Crippen LogP contribution in [0.3, 0.4) is 0 Å². The number of carbonyl (C=O) groups is 2. The van der Waals surface area contributed by atoms with Gasteiger partial charge in [0.2, 0.25) is 6.79 Å². The molecule has 0 spiro atoms. The van der Waals surface area contributed by atoms with Crippen molar-refractivity contribution in [3.63, 3.8) is 0 Å². The standard InChI is InChI=1S/C18H19N3O4S2/c1-16(19-3)8-18(27)15(23)20(4)17(2,26)14(22)21(18)13(16)10-5-6-11-12(7-10)25-9-24-11/h5-7,13,26-27H,8-9H2,1-2,4H3/t13-,16-,17+,18-/m0/s1. The molecule has 3 aliphatic rings. The van der Waals surface area contributed by atoms with Crippen LogP contribution < -0.4 is 9.47 Å². The zero-order valence-electron chi connectivity index (χ0n) is 15.1. The zero-order valence-corrected chi connectivity index (χ0v) is 16.9. The predicted molar refractivity (Wildman–Crippen MR) is 104 cm³/mol. The molecule has 1 aromatic carbocycles. The number of thiol groups is 2. The van der Waals surface area contributed by atoms with Crippen molar-refractivity contribution < 1.29 is 19.1 Å². The monoisotopic (exact) mass is 405 g/mol. The van der Waals surface area contributed by atoms with Crippen LogP contribution in [0.2, 0.25) is 0 Å². The van der Waals surface area contributed by atoms with Crippen LogP contribution in [0.15, 0.2) is 18.2 Å². The normalized spacial score (nSPS) is 37.4. The first kappa shape index (κ1) is 18.3. The summed E-state index contributed by atoms with van der Waals surface area (Å²) in [5, 5.41) is 0. The quantitative estimate of drug-likeness (QED) is 0.555. The lowest BCUT2D eigenvalue weighted by Crippen LogP contribution is -2.69. The van der Waals surface area contributed by atoms with E-state index < -0.39 is 21.3 Å². The molecule has 0 unspecified atom stereocenters. The Bertz CT molecular complexity index is 914. The summed E-state index contributed by atoms with van der Waals surface area (Å²) in [5.41, 5.74) is -0.334. The molecule has 2 saturated heterocycles. The largest absolute Gasteiger partial charge is 0.454 e. The van der Waals surface area contributed by atoms with Crippen LogP contribution in [0.5, 0.6) is 11.5 Å². The van der Waals surface area contributed by atoms with Gasteiger partial charge in [-0.1, -0.05) is 6.07 Å². The fraction of sp³-hybridized carbons (Fsp3) is 0.500. The number of likely N-dealkylation sites (N-methyl/N-ethyl adjacent to an activating group) is 1. The minimum atomic E-state index is -1.41.